The maximum Gasteiger partial charge on any atom is 0.144 e. The van der Waals surface area contributed by atoms with E-state index in [2.05, 4.69) is 73.1 Å². The Morgan fingerprint density at radius 3 is 2.30 bits per heavy atom. The van der Waals surface area contributed by atoms with Crippen LogP contribution in [0.4, 0.5) is 5.82 Å². The lowest BCUT2D eigenvalue weighted by Gasteiger charge is -2.13. The molecular weight excluding hydrogens is 382 g/mol. The molecule has 0 amide bonds. The number of benzene rings is 1. The first-order valence-corrected chi connectivity index (χ1v) is 8.08. The number of anilines is 1. The van der Waals surface area contributed by atoms with Gasteiger partial charge in [-0.05, 0) is 39.5 Å². The van der Waals surface area contributed by atoms with Crippen LogP contribution in [0.5, 0.6) is 0 Å². The lowest BCUT2D eigenvalue weighted by molar-refractivity contribution is 0.785. The topological polar surface area (TPSA) is 37.8 Å². The Morgan fingerprint density at radius 2 is 1.75 bits per heavy atom. The molecule has 0 atom stereocenters. The molecule has 0 bridgehead atoms. The van der Waals surface area contributed by atoms with Gasteiger partial charge in [0.25, 0.3) is 0 Å². The largest absolute Gasteiger partial charge is 0.372 e. The molecule has 1 aromatic carbocycles. The predicted octanol–water partition coefficient (Wildman–Crippen LogP) is 4.76. The van der Waals surface area contributed by atoms with Crippen LogP contribution >= 0.6 is 31.9 Å². The lowest BCUT2D eigenvalue weighted by Crippen LogP contribution is -2.07. The summed E-state index contributed by atoms with van der Waals surface area (Å²) in [6, 6.07) is 8.25. The molecule has 0 unspecified atom stereocenters. The zero-order valence-electron chi connectivity index (χ0n) is 11.7. The molecule has 0 radical (unpaired) electrons. The van der Waals surface area contributed by atoms with Gasteiger partial charge in [0.15, 0.2) is 0 Å². The van der Waals surface area contributed by atoms with Gasteiger partial charge >= 0.3 is 0 Å². The van der Waals surface area contributed by atoms with Gasteiger partial charge in [0.2, 0.25) is 0 Å². The molecule has 0 aliphatic heterocycles. The monoisotopic (exact) mass is 397 g/mol. The summed E-state index contributed by atoms with van der Waals surface area (Å²) in [6.45, 7) is 4.27. The molecule has 0 aliphatic rings. The van der Waals surface area contributed by atoms with Crippen molar-refractivity contribution in [2.24, 2.45) is 0 Å². The fraction of sp³-hybridized carbons (Fsp3) is 0.333. The Labute approximate surface area is 136 Å². The minimum Gasteiger partial charge on any atom is -0.372 e. The Hall–Kier alpha value is -0.940. The van der Waals surface area contributed by atoms with E-state index in [4.69, 9.17) is 0 Å². The molecule has 0 saturated carbocycles. The van der Waals surface area contributed by atoms with Crippen LogP contribution in [0, 0.1) is 0 Å². The van der Waals surface area contributed by atoms with Crippen LogP contribution in [0.25, 0.3) is 0 Å². The van der Waals surface area contributed by atoms with Crippen molar-refractivity contribution in [2.45, 2.75) is 26.2 Å². The Morgan fingerprint density at radius 1 is 1.10 bits per heavy atom. The van der Waals surface area contributed by atoms with Crippen molar-refractivity contribution >= 4 is 37.7 Å². The first-order valence-electron chi connectivity index (χ1n) is 6.49. The average molecular weight is 399 g/mol. The lowest BCUT2D eigenvalue weighted by atomic mass is 10.1. The first kappa shape index (κ1) is 15.4. The average Bonchev–Trinajstić information content (AvgIpc) is 2.42. The van der Waals surface area contributed by atoms with E-state index in [9.17, 15) is 0 Å². The summed E-state index contributed by atoms with van der Waals surface area (Å²) < 4.78 is 2.03. The van der Waals surface area contributed by atoms with Gasteiger partial charge < -0.3 is 5.32 Å². The van der Waals surface area contributed by atoms with Crippen LogP contribution in [0.1, 0.15) is 36.8 Å². The van der Waals surface area contributed by atoms with Gasteiger partial charge in [0.1, 0.15) is 11.6 Å². The van der Waals surface area contributed by atoms with Gasteiger partial charge in [0, 0.05) is 17.9 Å². The third-order valence-corrected chi connectivity index (χ3v) is 4.29. The zero-order chi connectivity index (χ0) is 14.7. The zero-order valence-corrected chi connectivity index (χ0v) is 14.9. The predicted molar refractivity (Wildman–Crippen MR) is 90.3 cm³/mol. The highest BCUT2D eigenvalue weighted by atomic mass is 79.9. The smallest absolute Gasteiger partial charge is 0.144 e. The van der Waals surface area contributed by atoms with Crippen LogP contribution < -0.4 is 5.32 Å². The number of nitrogens with one attached hydrogen (secondary N) is 1. The Balaban J connectivity index is 2.36. The maximum atomic E-state index is 4.69. The molecule has 0 spiro atoms. The number of aromatic nitrogens is 2. The fourth-order valence-corrected chi connectivity index (χ4v) is 3.02. The van der Waals surface area contributed by atoms with Crippen molar-refractivity contribution in [3.63, 3.8) is 0 Å². The molecule has 2 rings (SSSR count). The maximum absolute atomic E-state index is 4.69. The van der Waals surface area contributed by atoms with Crippen molar-refractivity contribution in [2.75, 3.05) is 12.4 Å². The van der Waals surface area contributed by atoms with Crippen LogP contribution in [0.15, 0.2) is 33.2 Å². The molecule has 3 nitrogen and oxygen atoms in total. The number of hydrogen-bond donors (Lipinski definition) is 1. The van der Waals surface area contributed by atoms with Crippen LogP contribution in [0.2, 0.25) is 0 Å². The van der Waals surface area contributed by atoms with E-state index < -0.39 is 0 Å². The van der Waals surface area contributed by atoms with Gasteiger partial charge in [-0.2, -0.15) is 0 Å². The van der Waals surface area contributed by atoms with Gasteiger partial charge in [-0.1, -0.05) is 41.9 Å². The van der Waals surface area contributed by atoms with E-state index in [-0.39, 0.29) is 0 Å². The summed E-state index contributed by atoms with van der Waals surface area (Å²) in [7, 11) is 1.88. The molecule has 1 heterocycles. The van der Waals surface area contributed by atoms with E-state index in [1.165, 1.54) is 5.56 Å². The van der Waals surface area contributed by atoms with E-state index in [1.54, 1.807) is 0 Å². The minimum absolute atomic E-state index is 0.350. The SMILES string of the molecule is CNc1nc(Cc2ccc(Br)cc2)nc(C(C)C)c1Br. The van der Waals surface area contributed by atoms with E-state index in [0.717, 1.165) is 32.7 Å². The Bertz CT molecular complexity index is 595. The highest BCUT2D eigenvalue weighted by Crippen LogP contribution is 2.29. The van der Waals surface area contributed by atoms with Gasteiger partial charge in [-0.25, -0.2) is 9.97 Å². The standard InChI is InChI=1S/C15H17Br2N3/c1-9(2)14-13(17)15(18-3)20-12(19-14)8-10-4-6-11(16)7-5-10/h4-7,9H,8H2,1-3H3,(H,18,19,20). The molecule has 0 aliphatic carbocycles. The molecule has 2 aromatic rings. The summed E-state index contributed by atoms with van der Waals surface area (Å²) in [5.74, 6) is 2.03. The normalized spacial score (nSPS) is 10.9. The highest BCUT2D eigenvalue weighted by molar-refractivity contribution is 9.11. The van der Waals surface area contributed by atoms with Gasteiger partial charge in [-0.3, -0.25) is 0 Å². The van der Waals surface area contributed by atoms with E-state index in [0.29, 0.717) is 5.92 Å². The van der Waals surface area contributed by atoms with E-state index in [1.807, 2.05) is 19.2 Å². The second-order valence-corrected chi connectivity index (χ2v) is 6.60. The second-order valence-electron chi connectivity index (χ2n) is 4.90. The summed E-state index contributed by atoms with van der Waals surface area (Å²) in [5, 5.41) is 3.12. The summed E-state index contributed by atoms with van der Waals surface area (Å²) >= 11 is 7.02. The summed E-state index contributed by atoms with van der Waals surface area (Å²) in [5.41, 5.74) is 2.24. The fourth-order valence-electron chi connectivity index (χ4n) is 1.92. The molecule has 1 aromatic heterocycles. The van der Waals surface area contributed by atoms with E-state index >= 15 is 0 Å². The number of hydrogen-bond acceptors (Lipinski definition) is 3. The van der Waals surface area contributed by atoms with Crippen LogP contribution in [-0.4, -0.2) is 17.0 Å². The van der Waals surface area contributed by atoms with Gasteiger partial charge in [0.05, 0.1) is 10.2 Å². The quantitative estimate of drug-likeness (QED) is 0.806. The third kappa shape index (κ3) is 3.58. The van der Waals surface area contributed by atoms with Crippen molar-refractivity contribution in [1.82, 2.24) is 9.97 Å². The van der Waals surface area contributed by atoms with Crippen molar-refractivity contribution in [3.8, 4) is 0 Å². The molecule has 20 heavy (non-hydrogen) atoms. The number of rotatable bonds is 4. The molecule has 5 heteroatoms. The molecule has 0 saturated heterocycles. The molecular formula is C15H17Br2N3. The van der Waals surface area contributed by atoms with Crippen molar-refractivity contribution in [3.05, 3.63) is 50.3 Å². The summed E-state index contributed by atoms with van der Waals surface area (Å²) in [4.78, 5) is 9.26. The number of nitrogens with zero attached hydrogens (tertiary/aromatic N) is 2. The molecule has 1 N–H and O–H groups in total. The Kier molecular flexibility index (Phi) is 5.16. The molecule has 0 fully saturated rings. The van der Waals surface area contributed by atoms with Crippen LogP contribution in [0.3, 0.4) is 0 Å². The van der Waals surface area contributed by atoms with Crippen LogP contribution in [-0.2, 0) is 6.42 Å². The second kappa shape index (κ2) is 6.68. The summed E-state index contributed by atoms with van der Waals surface area (Å²) in [6.07, 6.45) is 0.731. The van der Waals surface area contributed by atoms with Crippen molar-refractivity contribution < 1.29 is 0 Å². The first-order chi connectivity index (χ1) is 9.51. The number of halogens is 2. The highest BCUT2D eigenvalue weighted by Gasteiger charge is 2.14. The third-order valence-electron chi connectivity index (χ3n) is 2.98. The van der Waals surface area contributed by atoms with Gasteiger partial charge in [-0.15, -0.1) is 0 Å². The molecule has 106 valence electrons. The van der Waals surface area contributed by atoms with Crippen molar-refractivity contribution in [1.29, 1.82) is 0 Å². The minimum atomic E-state index is 0.350.